The Hall–Kier alpha value is -1.40. The number of anilines is 1. The molecule has 1 saturated heterocycles. The van der Waals surface area contributed by atoms with Gasteiger partial charge in [0, 0.05) is 19.6 Å². The summed E-state index contributed by atoms with van der Waals surface area (Å²) in [5.41, 5.74) is -0.580. The van der Waals surface area contributed by atoms with Crippen LogP contribution in [0.25, 0.3) is 0 Å². The van der Waals surface area contributed by atoms with Crippen molar-refractivity contribution < 1.29 is 9.90 Å². The summed E-state index contributed by atoms with van der Waals surface area (Å²) in [5, 5.41) is 13.0. The van der Waals surface area contributed by atoms with E-state index in [1.54, 1.807) is 0 Å². The van der Waals surface area contributed by atoms with Crippen LogP contribution in [-0.2, 0) is 0 Å². The van der Waals surface area contributed by atoms with Crippen LogP contribution in [0.4, 0.5) is 5.95 Å². The van der Waals surface area contributed by atoms with Gasteiger partial charge in [-0.25, -0.2) is 9.97 Å². The molecule has 6 nitrogen and oxygen atoms in total. The second-order valence-electron chi connectivity index (χ2n) is 5.82. The molecule has 0 unspecified atom stereocenters. The molecule has 114 valence electrons. The lowest BCUT2D eigenvalue weighted by molar-refractivity contribution is -0.0300. The van der Waals surface area contributed by atoms with Crippen molar-refractivity contribution in [2.75, 3.05) is 24.5 Å². The molecule has 0 aromatic carbocycles. The minimum atomic E-state index is -0.757. The van der Waals surface area contributed by atoms with Gasteiger partial charge in [-0.05, 0) is 32.1 Å². The Morgan fingerprint density at radius 3 is 2.71 bits per heavy atom. The third kappa shape index (κ3) is 3.11. The topological polar surface area (TPSA) is 78.3 Å². The molecule has 2 fully saturated rings. The van der Waals surface area contributed by atoms with Crippen LogP contribution < -0.4 is 10.2 Å². The fourth-order valence-electron chi connectivity index (χ4n) is 2.68. The lowest BCUT2D eigenvalue weighted by Gasteiger charge is -2.36. The zero-order valence-electron chi connectivity index (χ0n) is 11.8. The van der Waals surface area contributed by atoms with E-state index >= 15 is 0 Å². The first-order valence-electron chi connectivity index (χ1n) is 7.35. The van der Waals surface area contributed by atoms with Crippen LogP contribution in [0.2, 0.25) is 5.02 Å². The summed E-state index contributed by atoms with van der Waals surface area (Å²) in [6.45, 7) is 2.05. The van der Waals surface area contributed by atoms with Crippen LogP contribution in [0.5, 0.6) is 0 Å². The monoisotopic (exact) mass is 310 g/mol. The number of aromatic nitrogens is 2. The van der Waals surface area contributed by atoms with Gasteiger partial charge in [0.1, 0.15) is 0 Å². The fourth-order valence-corrected chi connectivity index (χ4v) is 2.85. The Kier molecular flexibility index (Phi) is 3.99. The van der Waals surface area contributed by atoms with E-state index in [0.29, 0.717) is 5.95 Å². The van der Waals surface area contributed by atoms with Crippen molar-refractivity contribution in [3.8, 4) is 0 Å². The standard InChI is InChI=1S/C14H19ClN4O2/c15-10-8-16-13(19-6-1-2-7-19)18-11(10)12(20)17-9-14(21)4-3-5-14/h8,21H,1-7,9H2,(H,17,20). The van der Waals surface area contributed by atoms with Crippen LogP contribution in [0.15, 0.2) is 6.20 Å². The van der Waals surface area contributed by atoms with Gasteiger partial charge >= 0.3 is 0 Å². The van der Waals surface area contributed by atoms with Crippen LogP contribution in [0, 0.1) is 0 Å². The van der Waals surface area contributed by atoms with Gasteiger partial charge in [-0.15, -0.1) is 0 Å². The van der Waals surface area contributed by atoms with Crippen molar-refractivity contribution in [3.63, 3.8) is 0 Å². The number of carbonyl (C=O) groups is 1. The van der Waals surface area contributed by atoms with E-state index in [9.17, 15) is 9.90 Å². The summed E-state index contributed by atoms with van der Waals surface area (Å²) >= 11 is 6.03. The lowest BCUT2D eigenvalue weighted by Crippen LogP contribution is -2.48. The van der Waals surface area contributed by atoms with Crippen molar-refractivity contribution in [1.29, 1.82) is 0 Å². The van der Waals surface area contributed by atoms with Gasteiger partial charge < -0.3 is 15.3 Å². The third-order valence-corrected chi connectivity index (χ3v) is 4.47. The average Bonchev–Trinajstić information content (AvgIpc) is 2.97. The molecule has 2 aliphatic rings. The van der Waals surface area contributed by atoms with E-state index in [2.05, 4.69) is 15.3 Å². The van der Waals surface area contributed by atoms with Gasteiger partial charge in [0.2, 0.25) is 5.95 Å². The lowest BCUT2D eigenvalue weighted by atomic mass is 9.80. The van der Waals surface area contributed by atoms with E-state index in [4.69, 9.17) is 11.6 Å². The van der Waals surface area contributed by atoms with Crippen LogP contribution in [0.3, 0.4) is 0 Å². The highest BCUT2D eigenvalue weighted by molar-refractivity contribution is 6.33. The molecule has 1 aromatic rings. The van der Waals surface area contributed by atoms with Crippen LogP contribution in [0.1, 0.15) is 42.6 Å². The predicted octanol–water partition coefficient (Wildman–Crippen LogP) is 1.37. The minimum Gasteiger partial charge on any atom is -0.388 e. The maximum absolute atomic E-state index is 12.2. The average molecular weight is 311 g/mol. The summed E-state index contributed by atoms with van der Waals surface area (Å²) in [4.78, 5) is 22.7. The quantitative estimate of drug-likeness (QED) is 0.878. The highest BCUT2D eigenvalue weighted by atomic mass is 35.5. The number of hydrogen-bond acceptors (Lipinski definition) is 5. The summed E-state index contributed by atoms with van der Waals surface area (Å²) < 4.78 is 0. The molecule has 3 rings (SSSR count). The first kappa shape index (κ1) is 14.5. The van der Waals surface area contributed by atoms with Gasteiger partial charge in [0.15, 0.2) is 5.69 Å². The van der Waals surface area contributed by atoms with Crippen molar-refractivity contribution in [3.05, 3.63) is 16.9 Å². The summed E-state index contributed by atoms with van der Waals surface area (Å²) in [7, 11) is 0. The minimum absolute atomic E-state index is 0.177. The number of carbonyl (C=O) groups excluding carboxylic acids is 1. The molecule has 1 aromatic heterocycles. The first-order chi connectivity index (χ1) is 10.1. The van der Waals surface area contributed by atoms with Gasteiger partial charge in [0.05, 0.1) is 16.8 Å². The first-order valence-corrected chi connectivity index (χ1v) is 7.73. The Morgan fingerprint density at radius 1 is 1.38 bits per heavy atom. The molecule has 0 bridgehead atoms. The Labute approximate surface area is 128 Å². The molecular weight excluding hydrogens is 292 g/mol. The second kappa shape index (κ2) is 5.77. The molecule has 21 heavy (non-hydrogen) atoms. The normalized spacial score (nSPS) is 20.2. The molecule has 0 radical (unpaired) electrons. The summed E-state index contributed by atoms with van der Waals surface area (Å²) in [5.74, 6) is 0.188. The molecule has 1 aliphatic heterocycles. The van der Waals surface area contributed by atoms with Crippen LogP contribution >= 0.6 is 11.6 Å². The molecule has 2 N–H and O–H groups in total. The summed E-state index contributed by atoms with van der Waals surface area (Å²) in [6, 6.07) is 0. The molecule has 2 heterocycles. The zero-order valence-corrected chi connectivity index (χ0v) is 12.6. The fraction of sp³-hybridized carbons (Fsp3) is 0.643. The van der Waals surface area contributed by atoms with E-state index in [0.717, 1.165) is 45.2 Å². The smallest absolute Gasteiger partial charge is 0.271 e. The Morgan fingerprint density at radius 2 is 2.10 bits per heavy atom. The molecule has 7 heteroatoms. The van der Waals surface area contributed by atoms with Crippen molar-refractivity contribution in [2.45, 2.75) is 37.7 Å². The molecule has 0 spiro atoms. The molecule has 1 amide bonds. The molecule has 0 atom stereocenters. The number of nitrogens with one attached hydrogen (secondary N) is 1. The maximum atomic E-state index is 12.2. The molecule has 1 aliphatic carbocycles. The number of rotatable bonds is 4. The van der Waals surface area contributed by atoms with Crippen molar-refractivity contribution in [1.82, 2.24) is 15.3 Å². The Balaban J connectivity index is 1.70. The van der Waals surface area contributed by atoms with Crippen molar-refractivity contribution in [2.24, 2.45) is 0 Å². The van der Waals surface area contributed by atoms with Crippen LogP contribution in [-0.4, -0.2) is 46.2 Å². The zero-order chi connectivity index (χ0) is 14.9. The number of halogens is 1. The van der Waals surface area contributed by atoms with Crippen molar-refractivity contribution >= 4 is 23.5 Å². The summed E-state index contributed by atoms with van der Waals surface area (Å²) in [6.07, 6.45) is 6.14. The third-order valence-electron chi connectivity index (χ3n) is 4.20. The highest BCUT2D eigenvalue weighted by Crippen LogP contribution is 2.30. The van der Waals surface area contributed by atoms with Gasteiger partial charge in [-0.1, -0.05) is 11.6 Å². The van der Waals surface area contributed by atoms with E-state index in [1.807, 2.05) is 4.90 Å². The molecular formula is C14H19ClN4O2. The number of hydrogen-bond donors (Lipinski definition) is 2. The van der Waals surface area contributed by atoms with E-state index < -0.39 is 5.60 Å². The maximum Gasteiger partial charge on any atom is 0.271 e. The van der Waals surface area contributed by atoms with E-state index in [1.165, 1.54) is 6.20 Å². The van der Waals surface area contributed by atoms with E-state index in [-0.39, 0.29) is 23.2 Å². The predicted molar refractivity (Wildman–Crippen MR) is 79.6 cm³/mol. The van der Waals surface area contributed by atoms with Gasteiger partial charge in [-0.2, -0.15) is 0 Å². The Bertz CT molecular complexity index is 542. The number of amides is 1. The molecule has 1 saturated carbocycles. The van der Waals surface area contributed by atoms with Gasteiger partial charge in [0.25, 0.3) is 5.91 Å². The van der Waals surface area contributed by atoms with Gasteiger partial charge in [-0.3, -0.25) is 4.79 Å². The number of aliphatic hydroxyl groups is 1. The second-order valence-corrected chi connectivity index (χ2v) is 6.23. The highest BCUT2D eigenvalue weighted by Gasteiger charge is 2.34. The largest absolute Gasteiger partial charge is 0.388 e. The number of nitrogens with zero attached hydrogens (tertiary/aromatic N) is 3. The SMILES string of the molecule is O=C(NCC1(O)CCC1)c1nc(N2CCCC2)ncc1Cl.